The standard InChI is InChI=1S/C23H22F3N3O4S/c1-14(23(24,25)26)33-21-7-6-19(34(3,31)32)11-20(21)22(30)28-12-16-4-5-18(10-17(16)13-28)29-9-8-27-15(29)2/h4-11,14H,12-13H2,1-3H3/t14-/m0/s1. The molecule has 0 bridgehead atoms. The molecule has 34 heavy (non-hydrogen) atoms. The number of rotatable bonds is 5. The molecular weight excluding hydrogens is 471 g/mol. The van der Waals surface area contributed by atoms with Crippen LogP contribution in [0.15, 0.2) is 53.7 Å². The first kappa shape index (κ1) is 23.8. The third-order valence-corrected chi connectivity index (χ3v) is 6.79. The number of carbonyl (C=O) groups is 1. The molecule has 7 nitrogen and oxygen atoms in total. The molecule has 0 saturated heterocycles. The molecule has 3 aromatic rings. The number of imidazole rings is 1. The molecule has 0 spiro atoms. The minimum Gasteiger partial charge on any atom is -0.480 e. The average Bonchev–Trinajstić information content (AvgIpc) is 3.37. The normalized spacial score (nSPS) is 14.7. The van der Waals surface area contributed by atoms with Gasteiger partial charge in [-0.05, 0) is 55.3 Å². The van der Waals surface area contributed by atoms with Crippen molar-refractivity contribution in [2.45, 2.75) is 44.1 Å². The summed E-state index contributed by atoms with van der Waals surface area (Å²) in [5, 5.41) is 0. The van der Waals surface area contributed by atoms with Crippen LogP contribution in [0, 0.1) is 6.92 Å². The van der Waals surface area contributed by atoms with Gasteiger partial charge in [0.1, 0.15) is 11.6 Å². The fraction of sp³-hybridized carbons (Fsp3) is 0.304. The molecule has 1 aromatic heterocycles. The van der Waals surface area contributed by atoms with E-state index in [1.165, 1.54) is 4.90 Å². The van der Waals surface area contributed by atoms with Gasteiger partial charge in [0.2, 0.25) is 0 Å². The minimum atomic E-state index is -4.65. The van der Waals surface area contributed by atoms with E-state index in [-0.39, 0.29) is 29.3 Å². The van der Waals surface area contributed by atoms with Crippen molar-refractivity contribution in [3.8, 4) is 11.4 Å². The lowest BCUT2D eigenvalue weighted by Gasteiger charge is -2.22. The lowest BCUT2D eigenvalue weighted by molar-refractivity contribution is -0.189. The number of ether oxygens (including phenoxy) is 1. The van der Waals surface area contributed by atoms with Gasteiger partial charge >= 0.3 is 6.18 Å². The van der Waals surface area contributed by atoms with E-state index in [0.717, 1.165) is 54.0 Å². The van der Waals surface area contributed by atoms with E-state index in [1.807, 2.05) is 35.9 Å². The monoisotopic (exact) mass is 493 g/mol. The Morgan fingerprint density at radius 2 is 1.82 bits per heavy atom. The van der Waals surface area contributed by atoms with Crippen molar-refractivity contribution in [2.75, 3.05) is 6.26 Å². The van der Waals surface area contributed by atoms with Gasteiger partial charge < -0.3 is 14.2 Å². The van der Waals surface area contributed by atoms with Gasteiger partial charge in [0, 0.05) is 37.4 Å². The topological polar surface area (TPSA) is 81.5 Å². The molecular formula is C23H22F3N3O4S. The molecule has 1 aliphatic heterocycles. The lowest BCUT2D eigenvalue weighted by atomic mass is 10.1. The fourth-order valence-electron chi connectivity index (χ4n) is 3.76. The number of carbonyl (C=O) groups excluding carboxylic acids is 1. The Morgan fingerprint density at radius 1 is 1.12 bits per heavy atom. The van der Waals surface area contributed by atoms with Crippen molar-refractivity contribution in [3.05, 3.63) is 71.3 Å². The third-order valence-electron chi connectivity index (χ3n) is 5.68. The van der Waals surface area contributed by atoms with Crippen LogP contribution in [0.4, 0.5) is 13.2 Å². The van der Waals surface area contributed by atoms with Crippen LogP contribution in [0.2, 0.25) is 0 Å². The molecule has 0 radical (unpaired) electrons. The lowest BCUT2D eigenvalue weighted by Crippen LogP contribution is -2.32. The van der Waals surface area contributed by atoms with E-state index in [4.69, 9.17) is 4.74 Å². The zero-order valence-corrected chi connectivity index (χ0v) is 19.4. The van der Waals surface area contributed by atoms with Crippen LogP contribution < -0.4 is 4.74 Å². The van der Waals surface area contributed by atoms with E-state index < -0.39 is 28.0 Å². The summed E-state index contributed by atoms with van der Waals surface area (Å²) in [6.45, 7) is 3.13. The highest BCUT2D eigenvalue weighted by Gasteiger charge is 2.39. The number of sulfone groups is 1. The first-order valence-corrected chi connectivity index (χ1v) is 12.2. The molecule has 1 aliphatic rings. The van der Waals surface area contributed by atoms with E-state index in [9.17, 15) is 26.4 Å². The number of alkyl halides is 3. The van der Waals surface area contributed by atoms with Crippen LogP contribution in [-0.2, 0) is 22.9 Å². The first-order chi connectivity index (χ1) is 15.8. The highest BCUT2D eigenvalue weighted by Crippen LogP contribution is 2.32. The highest BCUT2D eigenvalue weighted by atomic mass is 32.2. The maximum atomic E-state index is 13.4. The fourth-order valence-corrected chi connectivity index (χ4v) is 4.41. The number of aromatic nitrogens is 2. The molecule has 2 heterocycles. The summed E-state index contributed by atoms with van der Waals surface area (Å²) in [4.78, 5) is 18.8. The number of amides is 1. The van der Waals surface area contributed by atoms with Crippen molar-refractivity contribution in [2.24, 2.45) is 0 Å². The zero-order valence-electron chi connectivity index (χ0n) is 18.6. The minimum absolute atomic E-state index is 0.183. The Morgan fingerprint density at radius 3 is 2.44 bits per heavy atom. The van der Waals surface area contributed by atoms with Crippen molar-refractivity contribution in [1.82, 2.24) is 14.5 Å². The van der Waals surface area contributed by atoms with E-state index in [1.54, 1.807) is 6.20 Å². The maximum absolute atomic E-state index is 13.4. The molecule has 180 valence electrons. The van der Waals surface area contributed by atoms with Crippen LogP contribution in [0.3, 0.4) is 0 Å². The quantitative estimate of drug-likeness (QED) is 0.535. The molecule has 0 N–H and O–H groups in total. The summed E-state index contributed by atoms with van der Waals surface area (Å²) in [5.41, 5.74) is 2.40. The van der Waals surface area contributed by atoms with Crippen LogP contribution in [-0.4, -0.2) is 47.3 Å². The van der Waals surface area contributed by atoms with E-state index in [0.29, 0.717) is 0 Å². The Bertz CT molecular complexity index is 1370. The molecule has 0 saturated carbocycles. The smallest absolute Gasteiger partial charge is 0.425 e. The number of nitrogens with zero attached hydrogens (tertiary/aromatic N) is 3. The summed E-state index contributed by atoms with van der Waals surface area (Å²) in [5.74, 6) is -0.150. The van der Waals surface area contributed by atoms with Gasteiger partial charge in [-0.15, -0.1) is 0 Å². The Hall–Kier alpha value is -3.34. The van der Waals surface area contributed by atoms with Gasteiger partial charge in [0.25, 0.3) is 5.91 Å². The number of hydrogen-bond donors (Lipinski definition) is 0. The van der Waals surface area contributed by atoms with Gasteiger partial charge in [-0.3, -0.25) is 4.79 Å². The molecule has 4 rings (SSSR count). The summed E-state index contributed by atoms with van der Waals surface area (Å²) in [6, 6.07) is 8.99. The van der Waals surface area contributed by atoms with Gasteiger partial charge in [0.05, 0.1) is 10.5 Å². The summed E-state index contributed by atoms with van der Waals surface area (Å²) < 4.78 is 70.2. The Balaban J connectivity index is 1.66. The summed E-state index contributed by atoms with van der Waals surface area (Å²) in [6.07, 6.45) is -2.38. The SMILES string of the molecule is Cc1nccn1-c1ccc2c(c1)CN(C(=O)c1cc(S(C)(=O)=O)ccc1O[C@@H](C)C(F)(F)F)C2. The maximum Gasteiger partial charge on any atom is 0.425 e. The predicted octanol–water partition coefficient (Wildman–Crippen LogP) is 4.07. The number of hydrogen-bond acceptors (Lipinski definition) is 5. The largest absolute Gasteiger partial charge is 0.480 e. The third kappa shape index (κ3) is 4.65. The second-order valence-corrected chi connectivity index (χ2v) is 10.2. The molecule has 0 fully saturated rings. The van der Waals surface area contributed by atoms with Gasteiger partial charge in [-0.2, -0.15) is 13.2 Å². The van der Waals surface area contributed by atoms with Gasteiger partial charge in [-0.25, -0.2) is 13.4 Å². The Labute approximate surface area is 194 Å². The second kappa shape index (κ2) is 8.46. The number of fused-ring (bicyclic) bond motifs is 1. The first-order valence-electron chi connectivity index (χ1n) is 10.3. The van der Waals surface area contributed by atoms with E-state index in [2.05, 4.69) is 4.98 Å². The van der Waals surface area contributed by atoms with Crippen LogP contribution in [0.5, 0.6) is 5.75 Å². The van der Waals surface area contributed by atoms with Crippen molar-refractivity contribution >= 4 is 15.7 Å². The molecule has 11 heteroatoms. The number of benzene rings is 2. The van der Waals surface area contributed by atoms with Crippen LogP contribution in [0.25, 0.3) is 5.69 Å². The summed E-state index contributed by atoms with van der Waals surface area (Å²) in [7, 11) is -3.70. The van der Waals surface area contributed by atoms with Gasteiger partial charge in [0.15, 0.2) is 15.9 Å². The Kier molecular flexibility index (Phi) is 5.92. The van der Waals surface area contributed by atoms with Crippen molar-refractivity contribution < 1.29 is 31.1 Å². The van der Waals surface area contributed by atoms with Gasteiger partial charge in [-0.1, -0.05) is 6.07 Å². The number of aryl methyl sites for hydroxylation is 1. The highest BCUT2D eigenvalue weighted by molar-refractivity contribution is 7.90. The molecule has 0 unspecified atom stereocenters. The second-order valence-electron chi connectivity index (χ2n) is 8.19. The summed E-state index contributed by atoms with van der Waals surface area (Å²) >= 11 is 0. The van der Waals surface area contributed by atoms with E-state index >= 15 is 0 Å². The number of halogens is 3. The van der Waals surface area contributed by atoms with Crippen molar-refractivity contribution in [3.63, 3.8) is 0 Å². The molecule has 0 aliphatic carbocycles. The molecule has 2 aromatic carbocycles. The zero-order chi connectivity index (χ0) is 24.8. The van der Waals surface area contributed by atoms with Crippen LogP contribution in [0.1, 0.15) is 34.2 Å². The molecule has 1 amide bonds. The van der Waals surface area contributed by atoms with Crippen LogP contribution >= 0.6 is 0 Å². The predicted molar refractivity (Wildman–Crippen MR) is 118 cm³/mol. The molecule has 1 atom stereocenters. The van der Waals surface area contributed by atoms with Crippen molar-refractivity contribution in [1.29, 1.82) is 0 Å². The average molecular weight is 494 g/mol.